The molecule has 0 bridgehead atoms. The highest BCUT2D eigenvalue weighted by Gasteiger charge is 2.30. The summed E-state index contributed by atoms with van der Waals surface area (Å²) in [7, 11) is 0. The van der Waals surface area contributed by atoms with Crippen molar-refractivity contribution in [2.75, 3.05) is 13.1 Å². The van der Waals surface area contributed by atoms with Gasteiger partial charge < -0.3 is 10.4 Å². The molecule has 0 spiro atoms. The summed E-state index contributed by atoms with van der Waals surface area (Å²) in [5.41, 5.74) is 0.920. The molecule has 2 unspecified atom stereocenters. The Morgan fingerprint density at radius 1 is 1.38 bits per heavy atom. The number of aliphatic carboxylic acids is 1. The maximum absolute atomic E-state index is 11.4. The van der Waals surface area contributed by atoms with E-state index in [9.17, 15) is 9.90 Å². The van der Waals surface area contributed by atoms with Crippen molar-refractivity contribution in [1.82, 2.24) is 5.32 Å². The Morgan fingerprint density at radius 2 is 2.12 bits per heavy atom. The molecule has 1 aliphatic rings. The molecule has 16 heavy (non-hydrogen) atoms. The molecule has 3 nitrogen and oxygen atoms in total. The summed E-state index contributed by atoms with van der Waals surface area (Å²) in [6.45, 7) is 1.82. The standard InChI is InChI=1S/C13H17NO2/c15-13(16)12(10-5-2-1-3-6-10)11-7-4-8-14-9-11/h1-3,5-6,11-12,14H,4,7-9H2,(H,15,16). The first-order valence-corrected chi connectivity index (χ1v) is 5.77. The first-order valence-electron chi connectivity index (χ1n) is 5.77. The maximum atomic E-state index is 11.4. The van der Waals surface area contributed by atoms with E-state index in [2.05, 4.69) is 5.32 Å². The molecule has 0 aromatic heterocycles. The van der Waals surface area contributed by atoms with Gasteiger partial charge in [0.2, 0.25) is 0 Å². The van der Waals surface area contributed by atoms with Crippen LogP contribution in [0.3, 0.4) is 0 Å². The predicted molar refractivity (Wildman–Crippen MR) is 62.4 cm³/mol. The fraction of sp³-hybridized carbons (Fsp3) is 0.462. The molecule has 0 saturated carbocycles. The van der Waals surface area contributed by atoms with Gasteiger partial charge in [-0.05, 0) is 37.4 Å². The van der Waals surface area contributed by atoms with Crippen molar-refractivity contribution in [3.05, 3.63) is 35.9 Å². The molecule has 1 aromatic carbocycles. The predicted octanol–water partition coefficient (Wildman–Crippen LogP) is 1.85. The number of hydrogen-bond acceptors (Lipinski definition) is 2. The van der Waals surface area contributed by atoms with Crippen LogP contribution in [0, 0.1) is 5.92 Å². The first kappa shape index (κ1) is 11.1. The lowest BCUT2D eigenvalue weighted by atomic mass is 9.81. The van der Waals surface area contributed by atoms with Crippen LogP contribution in [-0.4, -0.2) is 24.2 Å². The Morgan fingerprint density at radius 3 is 2.69 bits per heavy atom. The number of carboxylic acid groups (broad SMARTS) is 1. The van der Waals surface area contributed by atoms with Crippen molar-refractivity contribution in [3.63, 3.8) is 0 Å². The van der Waals surface area contributed by atoms with E-state index >= 15 is 0 Å². The number of rotatable bonds is 3. The van der Waals surface area contributed by atoms with E-state index in [1.165, 1.54) is 0 Å². The number of carbonyl (C=O) groups is 1. The lowest BCUT2D eigenvalue weighted by molar-refractivity contribution is -0.140. The molecule has 0 aliphatic carbocycles. The Bertz CT molecular complexity index is 344. The van der Waals surface area contributed by atoms with Crippen LogP contribution in [0.15, 0.2) is 30.3 Å². The van der Waals surface area contributed by atoms with Gasteiger partial charge in [-0.3, -0.25) is 4.79 Å². The van der Waals surface area contributed by atoms with Gasteiger partial charge in [-0.15, -0.1) is 0 Å². The molecule has 1 saturated heterocycles. The normalized spacial score (nSPS) is 22.6. The molecule has 0 radical (unpaired) electrons. The number of piperidine rings is 1. The van der Waals surface area contributed by atoms with Gasteiger partial charge in [0.1, 0.15) is 0 Å². The van der Waals surface area contributed by atoms with Gasteiger partial charge >= 0.3 is 5.97 Å². The largest absolute Gasteiger partial charge is 0.481 e. The molecule has 1 aromatic rings. The zero-order valence-electron chi connectivity index (χ0n) is 9.23. The minimum absolute atomic E-state index is 0.216. The van der Waals surface area contributed by atoms with Crippen LogP contribution in [-0.2, 0) is 4.79 Å². The highest BCUT2D eigenvalue weighted by atomic mass is 16.4. The number of nitrogens with one attached hydrogen (secondary N) is 1. The second kappa shape index (κ2) is 5.12. The van der Waals surface area contributed by atoms with Gasteiger partial charge in [-0.25, -0.2) is 0 Å². The van der Waals surface area contributed by atoms with E-state index in [0.717, 1.165) is 31.5 Å². The molecule has 2 rings (SSSR count). The van der Waals surface area contributed by atoms with Gasteiger partial charge in [0.25, 0.3) is 0 Å². The molecule has 2 N–H and O–H groups in total. The quantitative estimate of drug-likeness (QED) is 0.815. The minimum atomic E-state index is -0.708. The third-order valence-electron chi connectivity index (χ3n) is 3.23. The van der Waals surface area contributed by atoms with Crippen molar-refractivity contribution >= 4 is 5.97 Å². The average Bonchev–Trinajstić information content (AvgIpc) is 2.31. The van der Waals surface area contributed by atoms with E-state index in [0.29, 0.717) is 0 Å². The second-order valence-electron chi connectivity index (χ2n) is 4.33. The van der Waals surface area contributed by atoms with Crippen LogP contribution in [0.5, 0.6) is 0 Å². The third kappa shape index (κ3) is 2.42. The molecule has 3 heteroatoms. The molecule has 1 aliphatic heterocycles. The molecule has 2 atom stereocenters. The monoisotopic (exact) mass is 219 g/mol. The van der Waals surface area contributed by atoms with E-state index in [1.807, 2.05) is 30.3 Å². The van der Waals surface area contributed by atoms with Crippen LogP contribution < -0.4 is 5.32 Å². The van der Waals surface area contributed by atoms with Crippen LogP contribution >= 0.6 is 0 Å². The van der Waals surface area contributed by atoms with Crippen molar-refractivity contribution in [3.8, 4) is 0 Å². The second-order valence-corrected chi connectivity index (χ2v) is 4.33. The fourth-order valence-electron chi connectivity index (χ4n) is 2.44. The van der Waals surface area contributed by atoms with Gasteiger partial charge in [-0.2, -0.15) is 0 Å². The summed E-state index contributed by atoms with van der Waals surface area (Å²) >= 11 is 0. The summed E-state index contributed by atoms with van der Waals surface area (Å²) in [6, 6.07) is 9.55. The van der Waals surface area contributed by atoms with E-state index in [4.69, 9.17) is 0 Å². The number of benzene rings is 1. The van der Waals surface area contributed by atoms with Crippen LogP contribution in [0.1, 0.15) is 24.3 Å². The highest BCUT2D eigenvalue weighted by molar-refractivity contribution is 5.76. The summed E-state index contributed by atoms with van der Waals surface area (Å²) < 4.78 is 0. The summed E-state index contributed by atoms with van der Waals surface area (Å²) in [5.74, 6) is -0.859. The zero-order chi connectivity index (χ0) is 11.4. The summed E-state index contributed by atoms with van der Waals surface area (Å²) in [5, 5.41) is 12.6. The maximum Gasteiger partial charge on any atom is 0.311 e. The van der Waals surface area contributed by atoms with E-state index in [1.54, 1.807) is 0 Å². The average molecular weight is 219 g/mol. The molecule has 86 valence electrons. The van der Waals surface area contributed by atoms with Gasteiger partial charge in [0.15, 0.2) is 0 Å². The first-order chi connectivity index (χ1) is 7.79. The summed E-state index contributed by atoms with van der Waals surface area (Å²) in [4.78, 5) is 11.4. The SMILES string of the molecule is O=C(O)C(c1ccccc1)C1CCCNC1. The molecular weight excluding hydrogens is 202 g/mol. The third-order valence-corrected chi connectivity index (χ3v) is 3.23. The topological polar surface area (TPSA) is 49.3 Å². The van der Waals surface area contributed by atoms with Crippen molar-refractivity contribution < 1.29 is 9.90 Å². The zero-order valence-corrected chi connectivity index (χ0v) is 9.23. The fourth-order valence-corrected chi connectivity index (χ4v) is 2.44. The Hall–Kier alpha value is -1.35. The highest BCUT2D eigenvalue weighted by Crippen LogP contribution is 2.29. The van der Waals surface area contributed by atoms with Crippen LogP contribution in [0.25, 0.3) is 0 Å². The number of hydrogen-bond donors (Lipinski definition) is 2. The molecule has 1 heterocycles. The Kier molecular flexibility index (Phi) is 3.57. The lowest BCUT2D eigenvalue weighted by Gasteiger charge is -2.28. The molecular formula is C13H17NO2. The van der Waals surface area contributed by atoms with Gasteiger partial charge in [-0.1, -0.05) is 30.3 Å². The van der Waals surface area contributed by atoms with Crippen molar-refractivity contribution in [2.24, 2.45) is 5.92 Å². The van der Waals surface area contributed by atoms with Crippen LogP contribution in [0.4, 0.5) is 0 Å². The van der Waals surface area contributed by atoms with Crippen molar-refractivity contribution in [2.45, 2.75) is 18.8 Å². The lowest BCUT2D eigenvalue weighted by Crippen LogP contribution is -2.36. The van der Waals surface area contributed by atoms with Crippen molar-refractivity contribution in [1.29, 1.82) is 0 Å². The molecule has 0 amide bonds. The van der Waals surface area contributed by atoms with Crippen LogP contribution in [0.2, 0.25) is 0 Å². The van der Waals surface area contributed by atoms with Gasteiger partial charge in [0.05, 0.1) is 5.92 Å². The molecule has 1 fully saturated rings. The van der Waals surface area contributed by atoms with E-state index in [-0.39, 0.29) is 11.8 Å². The Labute approximate surface area is 95.5 Å². The minimum Gasteiger partial charge on any atom is -0.481 e. The Balaban J connectivity index is 2.20. The smallest absolute Gasteiger partial charge is 0.311 e. The summed E-state index contributed by atoms with van der Waals surface area (Å²) in [6.07, 6.45) is 2.07. The van der Waals surface area contributed by atoms with Gasteiger partial charge in [0, 0.05) is 0 Å². The number of carboxylic acids is 1. The van der Waals surface area contributed by atoms with E-state index < -0.39 is 5.97 Å².